The van der Waals surface area contributed by atoms with Crippen LogP contribution in [-0.2, 0) is 11.2 Å². The number of aromatic nitrogens is 5. The van der Waals surface area contributed by atoms with Crippen LogP contribution in [0.25, 0.3) is 16.7 Å². The Kier molecular flexibility index (Phi) is 5.27. The van der Waals surface area contributed by atoms with Crippen molar-refractivity contribution in [1.82, 2.24) is 24.7 Å². The zero-order valence-corrected chi connectivity index (χ0v) is 18.7. The van der Waals surface area contributed by atoms with E-state index in [1.807, 2.05) is 23.1 Å². The van der Waals surface area contributed by atoms with Crippen molar-refractivity contribution in [1.29, 1.82) is 5.26 Å². The summed E-state index contributed by atoms with van der Waals surface area (Å²) in [5, 5.41) is 14.3. The minimum Gasteiger partial charge on any atom is -0.356 e. The molecule has 0 bridgehead atoms. The lowest BCUT2D eigenvalue weighted by Gasteiger charge is -2.28. The molecule has 0 spiro atoms. The Hall–Kier alpha value is -3.31. The summed E-state index contributed by atoms with van der Waals surface area (Å²) in [6.07, 6.45) is 13.4. The Morgan fingerprint density at radius 1 is 1.12 bits per heavy atom. The van der Waals surface area contributed by atoms with Gasteiger partial charge in [0, 0.05) is 19.3 Å². The van der Waals surface area contributed by atoms with E-state index in [2.05, 4.69) is 28.1 Å². The fourth-order valence-corrected chi connectivity index (χ4v) is 5.14. The largest absolute Gasteiger partial charge is 0.356 e. The fourth-order valence-electron chi connectivity index (χ4n) is 5.14. The van der Waals surface area contributed by atoms with Gasteiger partial charge < -0.3 is 9.64 Å². The number of aryl methyl sites for hydroxylation is 1. The zero-order chi connectivity index (χ0) is 22.2. The standard InChI is InChI=1S/C25H27N7O/c26-15-17-8-10-18(11-9-17)20-16-28-23-24(29-20)32(22-7-1-2-14-33-22)30-25(23)31-13-4-5-19-21(31)6-3-12-27-19/h3,6,10,12,16-17,22H,1-2,4-5,7-9,11,13-14H2. The number of nitrogens with zero attached hydrogens (tertiary/aromatic N) is 7. The van der Waals surface area contributed by atoms with Crippen LogP contribution in [0.1, 0.15) is 62.6 Å². The molecule has 0 aromatic carbocycles. The van der Waals surface area contributed by atoms with Crippen molar-refractivity contribution in [2.24, 2.45) is 5.92 Å². The molecule has 1 aliphatic carbocycles. The van der Waals surface area contributed by atoms with E-state index in [1.54, 1.807) is 0 Å². The highest BCUT2D eigenvalue weighted by Gasteiger charge is 2.29. The van der Waals surface area contributed by atoms with Gasteiger partial charge in [0.2, 0.25) is 0 Å². The van der Waals surface area contributed by atoms with Crippen LogP contribution in [0.5, 0.6) is 0 Å². The van der Waals surface area contributed by atoms with Crippen molar-refractivity contribution in [2.75, 3.05) is 18.1 Å². The monoisotopic (exact) mass is 441 g/mol. The van der Waals surface area contributed by atoms with E-state index in [9.17, 15) is 5.26 Å². The van der Waals surface area contributed by atoms with E-state index in [1.165, 1.54) is 5.57 Å². The summed E-state index contributed by atoms with van der Waals surface area (Å²) in [5.41, 5.74) is 5.82. The van der Waals surface area contributed by atoms with E-state index < -0.39 is 0 Å². The van der Waals surface area contributed by atoms with Crippen LogP contribution >= 0.6 is 0 Å². The second kappa shape index (κ2) is 8.56. The van der Waals surface area contributed by atoms with Crippen molar-refractivity contribution in [3.8, 4) is 6.07 Å². The van der Waals surface area contributed by atoms with Gasteiger partial charge in [-0.05, 0) is 69.1 Å². The van der Waals surface area contributed by atoms with Gasteiger partial charge in [-0.15, -0.1) is 5.10 Å². The van der Waals surface area contributed by atoms with E-state index >= 15 is 0 Å². The molecule has 3 aromatic heterocycles. The highest BCUT2D eigenvalue weighted by atomic mass is 16.5. The van der Waals surface area contributed by atoms with E-state index in [0.29, 0.717) is 0 Å². The second-order valence-electron chi connectivity index (χ2n) is 9.07. The number of rotatable bonds is 3. The molecule has 2 aliphatic heterocycles. The average molecular weight is 442 g/mol. The highest BCUT2D eigenvalue weighted by molar-refractivity contribution is 5.88. The maximum Gasteiger partial charge on any atom is 0.183 e. The lowest BCUT2D eigenvalue weighted by atomic mass is 9.89. The van der Waals surface area contributed by atoms with Crippen molar-refractivity contribution >= 4 is 28.2 Å². The quantitative estimate of drug-likeness (QED) is 0.581. The van der Waals surface area contributed by atoms with E-state index in [0.717, 1.165) is 98.6 Å². The van der Waals surface area contributed by atoms with Gasteiger partial charge in [0.05, 0.1) is 35.3 Å². The molecule has 33 heavy (non-hydrogen) atoms. The summed E-state index contributed by atoms with van der Waals surface area (Å²) in [6.45, 7) is 1.62. The molecule has 0 amide bonds. The molecule has 168 valence electrons. The predicted octanol–water partition coefficient (Wildman–Crippen LogP) is 4.71. The first kappa shape index (κ1) is 20.3. The predicted molar refractivity (Wildman–Crippen MR) is 125 cm³/mol. The first-order valence-corrected chi connectivity index (χ1v) is 12.0. The van der Waals surface area contributed by atoms with Gasteiger partial charge in [-0.3, -0.25) is 4.98 Å². The van der Waals surface area contributed by atoms with Gasteiger partial charge in [0.25, 0.3) is 0 Å². The third-order valence-corrected chi connectivity index (χ3v) is 6.94. The molecule has 6 rings (SSSR count). The smallest absolute Gasteiger partial charge is 0.183 e. The van der Waals surface area contributed by atoms with Crippen molar-refractivity contribution in [2.45, 2.75) is 57.6 Å². The van der Waals surface area contributed by atoms with Gasteiger partial charge in [-0.1, -0.05) is 6.08 Å². The Labute approximate surface area is 192 Å². The summed E-state index contributed by atoms with van der Waals surface area (Å²) >= 11 is 0. The van der Waals surface area contributed by atoms with Gasteiger partial charge in [0.15, 0.2) is 23.2 Å². The molecule has 2 unspecified atom stereocenters. The molecule has 8 nitrogen and oxygen atoms in total. The highest BCUT2D eigenvalue weighted by Crippen LogP contribution is 2.37. The SMILES string of the molecule is N#CC1CC=C(c2cnc3c(N4CCCc5ncccc54)nn(C4CCCCO4)c3n2)CC1. The van der Waals surface area contributed by atoms with Gasteiger partial charge in [-0.2, -0.15) is 5.26 Å². The first-order chi connectivity index (χ1) is 16.3. The molecule has 3 aliphatic rings. The molecule has 5 heterocycles. The van der Waals surface area contributed by atoms with Crippen molar-refractivity contribution < 1.29 is 4.74 Å². The van der Waals surface area contributed by atoms with Gasteiger partial charge >= 0.3 is 0 Å². The molecule has 1 saturated heterocycles. The van der Waals surface area contributed by atoms with Crippen LogP contribution in [0.3, 0.4) is 0 Å². The van der Waals surface area contributed by atoms with Crippen LogP contribution in [0.2, 0.25) is 0 Å². The second-order valence-corrected chi connectivity index (χ2v) is 9.07. The molecular weight excluding hydrogens is 414 g/mol. The third kappa shape index (κ3) is 3.66. The minimum absolute atomic E-state index is 0.103. The normalized spacial score (nSPS) is 23.1. The number of allylic oxidation sites excluding steroid dienone is 2. The number of hydrogen-bond acceptors (Lipinski definition) is 7. The lowest BCUT2D eigenvalue weighted by Crippen LogP contribution is -2.26. The first-order valence-electron chi connectivity index (χ1n) is 12.0. The molecule has 1 fully saturated rings. The lowest BCUT2D eigenvalue weighted by molar-refractivity contribution is -0.0368. The van der Waals surface area contributed by atoms with Crippen molar-refractivity contribution in [3.63, 3.8) is 0 Å². The summed E-state index contributed by atoms with van der Waals surface area (Å²) in [7, 11) is 0. The Bertz CT molecular complexity index is 1250. The summed E-state index contributed by atoms with van der Waals surface area (Å²) in [4.78, 5) is 16.8. The van der Waals surface area contributed by atoms with E-state index in [-0.39, 0.29) is 12.1 Å². The number of ether oxygens (including phenoxy) is 1. The van der Waals surface area contributed by atoms with Crippen LogP contribution < -0.4 is 4.90 Å². The fraction of sp³-hybridized carbons (Fsp3) is 0.480. The van der Waals surface area contributed by atoms with Gasteiger partial charge in [0.1, 0.15) is 0 Å². The maximum absolute atomic E-state index is 9.22. The Balaban J connectivity index is 1.46. The molecular formula is C25H27N7O. The number of anilines is 2. The van der Waals surface area contributed by atoms with Crippen LogP contribution in [0.4, 0.5) is 11.5 Å². The average Bonchev–Trinajstić information content (AvgIpc) is 3.27. The molecule has 0 N–H and O–H groups in total. The van der Waals surface area contributed by atoms with Crippen LogP contribution in [-0.4, -0.2) is 37.9 Å². The summed E-state index contributed by atoms with van der Waals surface area (Å²) in [5.74, 6) is 0.931. The Morgan fingerprint density at radius 3 is 2.91 bits per heavy atom. The van der Waals surface area contributed by atoms with Crippen molar-refractivity contribution in [3.05, 3.63) is 42.0 Å². The maximum atomic E-state index is 9.22. The summed E-state index contributed by atoms with van der Waals surface area (Å²) in [6, 6.07) is 6.48. The summed E-state index contributed by atoms with van der Waals surface area (Å²) < 4.78 is 8.06. The van der Waals surface area contributed by atoms with Gasteiger partial charge in [-0.25, -0.2) is 14.6 Å². The molecule has 0 radical (unpaired) electrons. The Morgan fingerprint density at radius 2 is 2.09 bits per heavy atom. The number of pyridine rings is 1. The zero-order valence-electron chi connectivity index (χ0n) is 18.7. The molecule has 3 aromatic rings. The van der Waals surface area contributed by atoms with Crippen LogP contribution in [0.15, 0.2) is 30.6 Å². The number of fused-ring (bicyclic) bond motifs is 2. The number of hydrogen-bond donors (Lipinski definition) is 0. The molecule has 2 atom stereocenters. The molecule has 8 heteroatoms. The van der Waals surface area contributed by atoms with Crippen LogP contribution in [0, 0.1) is 17.2 Å². The topological polar surface area (TPSA) is 92.8 Å². The minimum atomic E-state index is -0.124. The molecule has 0 saturated carbocycles. The number of nitriles is 1. The van der Waals surface area contributed by atoms with E-state index in [4.69, 9.17) is 19.8 Å². The third-order valence-electron chi connectivity index (χ3n) is 6.94.